The molecule has 0 saturated heterocycles. The molecular formula is C8H14N4O. The number of rotatable bonds is 6. The van der Waals surface area contributed by atoms with E-state index in [9.17, 15) is 4.79 Å². The lowest BCUT2D eigenvalue weighted by molar-refractivity contribution is -0.116. The van der Waals surface area contributed by atoms with E-state index >= 15 is 0 Å². The van der Waals surface area contributed by atoms with Crippen molar-refractivity contribution >= 4 is 5.91 Å². The Hall–Kier alpha value is -1.48. The lowest BCUT2D eigenvalue weighted by atomic mass is 10.3. The van der Waals surface area contributed by atoms with Crippen LogP contribution in [-0.4, -0.2) is 19.0 Å². The molecule has 0 bridgehead atoms. The maximum absolute atomic E-state index is 10.9. The zero-order valence-electron chi connectivity index (χ0n) is 7.73. The summed E-state index contributed by atoms with van der Waals surface area (Å²) in [6.45, 7) is 2.92. The van der Waals surface area contributed by atoms with E-state index in [-0.39, 0.29) is 5.91 Å². The van der Waals surface area contributed by atoms with Gasteiger partial charge in [0.15, 0.2) is 0 Å². The van der Waals surface area contributed by atoms with Crippen LogP contribution in [0.25, 0.3) is 10.4 Å². The molecule has 0 aromatic heterocycles. The van der Waals surface area contributed by atoms with E-state index in [1.807, 2.05) is 0 Å². The van der Waals surface area contributed by atoms with Crippen LogP contribution in [0.3, 0.4) is 0 Å². The number of azide groups is 1. The summed E-state index contributed by atoms with van der Waals surface area (Å²) in [4.78, 5) is 13.5. The van der Waals surface area contributed by atoms with Crippen LogP contribution in [0.5, 0.6) is 0 Å². The van der Waals surface area contributed by atoms with Gasteiger partial charge in [-0.3, -0.25) is 4.79 Å². The summed E-state index contributed by atoms with van der Waals surface area (Å²) in [5.41, 5.74) is 7.96. The van der Waals surface area contributed by atoms with Gasteiger partial charge in [0.2, 0.25) is 5.91 Å². The van der Waals surface area contributed by atoms with Crippen LogP contribution in [0.1, 0.15) is 19.8 Å². The summed E-state index contributed by atoms with van der Waals surface area (Å²) in [5, 5.41) is 6.08. The van der Waals surface area contributed by atoms with Crippen molar-refractivity contribution in [2.75, 3.05) is 13.1 Å². The topological polar surface area (TPSA) is 77.9 Å². The fraction of sp³-hybridized carbons (Fsp3) is 0.625. The Morgan fingerprint density at radius 1 is 1.62 bits per heavy atom. The quantitative estimate of drug-likeness (QED) is 0.219. The molecular weight excluding hydrogens is 168 g/mol. The van der Waals surface area contributed by atoms with E-state index in [1.165, 1.54) is 6.08 Å². The number of carbonyl (C=O) groups excluding carboxylic acids is 1. The Kier molecular flexibility index (Phi) is 7.63. The van der Waals surface area contributed by atoms with Gasteiger partial charge in [0.1, 0.15) is 0 Å². The molecule has 0 fully saturated rings. The minimum absolute atomic E-state index is 0.0775. The summed E-state index contributed by atoms with van der Waals surface area (Å²) in [7, 11) is 0. The molecule has 0 heterocycles. The Morgan fingerprint density at radius 3 is 3.00 bits per heavy atom. The van der Waals surface area contributed by atoms with Crippen LogP contribution >= 0.6 is 0 Å². The Bertz CT molecular complexity index is 218. The molecule has 5 heteroatoms. The third-order valence-electron chi connectivity index (χ3n) is 1.37. The standard InChI is InChI=1S/C8H14N4O/c1-2-5-8(13)10-6-3-4-7-11-12-9/h2,5H,3-4,6-7H2,1H3,(H,10,13)/b5-2+. The zero-order valence-corrected chi connectivity index (χ0v) is 7.73. The third kappa shape index (κ3) is 8.43. The highest BCUT2D eigenvalue weighted by molar-refractivity contribution is 5.87. The Balaban J connectivity index is 3.25. The molecule has 0 aromatic carbocycles. The first kappa shape index (κ1) is 11.5. The zero-order chi connectivity index (χ0) is 9.94. The van der Waals surface area contributed by atoms with E-state index in [0.29, 0.717) is 13.1 Å². The summed E-state index contributed by atoms with van der Waals surface area (Å²) >= 11 is 0. The van der Waals surface area contributed by atoms with Crippen LogP contribution in [0.4, 0.5) is 0 Å². The summed E-state index contributed by atoms with van der Waals surface area (Å²) < 4.78 is 0. The van der Waals surface area contributed by atoms with E-state index in [2.05, 4.69) is 15.3 Å². The highest BCUT2D eigenvalue weighted by Gasteiger charge is 1.92. The number of nitrogens with zero attached hydrogens (tertiary/aromatic N) is 3. The lowest BCUT2D eigenvalue weighted by Gasteiger charge is -1.99. The number of allylic oxidation sites excluding steroid dienone is 1. The molecule has 5 nitrogen and oxygen atoms in total. The minimum Gasteiger partial charge on any atom is -0.353 e. The molecule has 13 heavy (non-hydrogen) atoms. The first-order valence-electron chi connectivity index (χ1n) is 4.22. The Morgan fingerprint density at radius 2 is 2.38 bits per heavy atom. The lowest BCUT2D eigenvalue weighted by Crippen LogP contribution is -2.22. The fourth-order valence-electron chi connectivity index (χ4n) is 0.774. The number of unbranched alkanes of at least 4 members (excludes halogenated alkanes) is 1. The monoisotopic (exact) mass is 182 g/mol. The molecule has 72 valence electrons. The van der Waals surface area contributed by atoms with Crippen molar-refractivity contribution < 1.29 is 4.79 Å². The van der Waals surface area contributed by atoms with Crippen molar-refractivity contribution in [1.82, 2.24) is 5.32 Å². The van der Waals surface area contributed by atoms with Gasteiger partial charge in [0, 0.05) is 18.0 Å². The van der Waals surface area contributed by atoms with Gasteiger partial charge in [-0.25, -0.2) is 0 Å². The van der Waals surface area contributed by atoms with Gasteiger partial charge in [-0.2, -0.15) is 0 Å². The molecule has 0 atom stereocenters. The van der Waals surface area contributed by atoms with Crippen molar-refractivity contribution in [3.8, 4) is 0 Å². The smallest absolute Gasteiger partial charge is 0.243 e. The normalized spacial score (nSPS) is 9.62. The van der Waals surface area contributed by atoms with Gasteiger partial charge in [0.25, 0.3) is 0 Å². The van der Waals surface area contributed by atoms with Crippen LogP contribution in [0, 0.1) is 0 Å². The fourth-order valence-corrected chi connectivity index (χ4v) is 0.774. The first-order chi connectivity index (χ1) is 6.31. The molecule has 0 spiro atoms. The SMILES string of the molecule is C/C=C/C(=O)NCCCCN=[N+]=[N-]. The van der Waals surface area contributed by atoms with Gasteiger partial charge >= 0.3 is 0 Å². The second kappa shape index (κ2) is 8.62. The van der Waals surface area contributed by atoms with Crippen molar-refractivity contribution in [2.45, 2.75) is 19.8 Å². The predicted molar refractivity (Wildman–Crippen MR) is 51.1 cm³/mol. The highest BCUT2D eigenvalue weighted by atomic mass is 16.1. The molecule has 0 radical (unpaired) electrons. The number of hydrogen-bond donors (Lipinski definition) is 1. The van der Waals surface area contributed by atoms with Crippen molar-refractivity contribution in [3.05, 3.63) is 22.6 Å². The maximum atomic E-state index is 10.9. The van der Waals surface area contributed by atoms with Gasteiger partial charge < -0.3 is 5.32 Å². The van der Waals surface area contributed by atoms with Gasteiger partial charge in [-0.05, 0) is 31.4 Å². The molecule has 0 aliphatic heterocycles. The van der Waals surface area contributed by atoms with Crippen molar-refractivity contribution in [1.29, 1.82) is 0 Å². The second-order valence-corrected chi connectivity index (χ2v) is 2.45. The largest absolute Gasteiger partial charge is 0.353 e. The predicted octanol–water partition coefficient (Wildman–Crippen LogP) is 1.77. The number of carbonyl (C=O) groups is 1. The van der Waals surface area contributed by atoms with Crippen LogP contribution in [-0.2, 0) is 4.79 Å². The summed E-state index contributed by atoms with van der Waals surface area (Å²) in [6.07, 6.45) is 4.81. The van der Waals surface area contributed by atoms with E-state index < -0.39 is 0 Å². The molecule has 1 N–H and O–H groups in total. The molecule has 1 amide bonds. The van der Waals surface area contributed by atoms with E-state index in [0.717, 1.165) is 12.8 Å². The number of amides is 1. The van der Waals surface area contributed by atoms with Crippen LogP contribution in [0.15, 0.2) is 17.3 Å². The molecule has 0 rings (SSSR count). The van der Waals surface area contributed by atoms with Crippen molar-refractivity contribution in [2.24, 2.45) is 5.11 Å². The minimum atomic E-state index is -0.0775. The first-order valence-corrected chi connectivity index (χ1v) is 4.22. The molecule has 0 aliphatic carbocycles. The average molecular weight is 182 g/mol. The van der Waals surface area contributed by atoms with Crippen LogP contribution in [0.2, 0.25) is 0 Å². The van der Waals surface area contributed by atoms with Crippen LogP contribution < -0.4 is 5.32 Å². The maximum Gasteiger partial charge on any atom is 0.243 e. The highest BCUT2D eigenvalue weighted by Crippen LogP contribution is 1.88. The Labute approximate surface area is 77.4 Å². The van der Waals surface area contributed by atoms with E-state index in [1.54, 1.807) is 13.0 Å². The summed E-state index contributed by atoms with van der Waals surface area (Å²) in [6, 6.07) is 0. The van der Waals surface area contributed by atoms with E-state index in [4.69, 9.17) is 5.53 Å². The molecule has 0 saturated carbocycles. The second-order valence-electron chi connectivity index (χ2n) is 2.45. The third-order valence-corrected chi connectivity index (χ3v) is 1.37. The number of nitrogens with one attached hydrogen (secondary N) is 1. The summed E-state index contributed by atoms with van der Waals surface area (Å²) in [5.74, 6) is -0.0775. The van der Waals surface area contributed by atoms with Gasteiger partial charge in [0.05, 0.1) is 0 Å². The molecule has 0 aliphatic rings. The average Bonchev–Trinajstić information content (AvgIpc) is 2.11. The molecule has 0 aromatic rings. The molecule has 0 unspecified atom stereocenters. The van der Waals surface area contributed by atoms with Gasteiger partial charge in [-0.15, -0.1) is 0 Å². The van der Waals surface area contributed by atoms with Crippen molar-refractivity contribution in [3.63, 3.8) is 0 Å². The van der Waals surface area contributed by atoms with Gasteiger partial charge in [-0.1, -0.05) is 11.2 Å². The number of hydrogen-bond acceptors (Lipinski definition) is 2.